The van der Waals surface area contributed by atoms with Crippen molar-refractivity contribution in [2.75, 3.05) is 13.2 Å². The molecular weight excluding hydrogens is 274 g/mol. The van der Waals surface area contributed by atoms with Crippen molar-refractivity contribution in [1.29, 1.82) is 0 Å². The van der Waals surface area contributed by atoms with Crippen LogP contribution in [0.4, 0.5) is 0 Å². The molecule has 5 heteroatoms. The Morgan fingerprint density at radius 1 is 1.25 bits per heavy atom. The first-order valence-corrected chi connectivity index (χ1v) is 8.63. The zero-order chi connectivity index (χ0) is 14.8. The van der Waals surface area contributed by atoms with Crippen LogP contribution >= 0.6 is 0 Å². The lowest BCUT2D eigenvalue weighted by Gasteiger charge is -2.36. The second-order valence-electron chi connectivity index (χ2n) is 5.65. The Morgan fingerprint density at radius 2 is 1.85 bits per heavy atom. The molecule has 1 aromatic carbocycles. The molecule has 4 nitrogen and oxygen atoms in total. The van der Waals surface area contributed by atoms with E-state index in [4.69, 9.17) is 5.11 Å². The predicted molar refractivity (Wildman–Crippen MR) is 79.1 cm³/mol. The van der Waals surface area contributed by atoms with Crippen LogP contribution in [0.15, 0.2) is 29.2 Å². The molecule has 2 rings (SSSR count). The van der Waals surface area contributed by atoms with E-state index in [1.807, 2.05) is 12.1 Å². The molecule has 0 radical (unpaired) electrons. The summed E-state index contributed by atoms with van der Waals surface area (Å²) in [6, 6.07) is 7.14. The fourth-order valence-electron chi connectivity index (χ4n) is 2.43. The summed E-state index contributed by atoms with van der Waals surface area (Å²) in [6.45, 7) is 4.20. The topological polar surface area (TPSA) is 57.6 Å². The third-order valence-corrected chi connectivity index (χ3v) is 5.92. The first-order chi connectivity index (χ1) is 9.46. The van der Waals surface area contributed by atoms with Crippen molar-refractivity contribution in [2.45, 2.75) is 50.0 Å². The molecule has 1 fully saturated rings. The van der Waals surface area contributed by atoms with Crippen molar-refractivity contribution >= 4 is 10.0 Å². The first-order valence-electron chi connectivity index (χ1n) is 7.19. The van der Waals surface area contributed by atoms with Crippen LogP contribution in [0.5, 0.6) is 0 Å². The molecule has 112 valence electrons. The molecule has 0 aliphatic heterocycles. The summed E-state index contributed by atoms with van der Waals surface area (Å²) in [7, 11) is -3.49. The van der Waals surface area contributed by atoms with E-state index in [-0.39, 0.29) is 19.2 Å². The molecule has 1 N–H and O–H groups in total. The Kier molecular flexibility index (Phi) is 4.83. The molecule has 0 aromatic heterocycles. The highest BCUT2D eigenvalue weighted by molar-refractivity contribution is 7.89. The summed E-state index contributed by atoms with van der Waals surface area (Å²) in [5, 5.41) is 9.13. The van der Waals surface area contributed by atoms with Gasteiger partial charge in [0, 0.05) is 12.6 Å². The second-order valence-corrected chi connectivity index (χ2v) is 7.54. The van der Waals surface area contributed by atoms with Gasteiger partial charge in [-0.1, -0.05) is 32.4 Å². The minimum Gasteiger partial charge on any atom is -0.395 e. The molecule has 1 aromatic rings. The quantitative estimate of drug-likeness (QED) is 0.877. The lowest BCUT2D eigenvalue weighted by molar-refractivity contribution is 0.178. The smallest absolute Gasteiger partial charge is 0.243 e. The number of aliphatic hydroxyl groups is 1. The van der Waals surface area contributed by atoms with E-state index in [0.717, 1.165) is 24.8 Å². The number of sulfonamides is 1. The minimum absolute atomic E-state index is 0.0527. The van der Waals surface area contributed by atoms with Gasteiger partial charge in [0.15, 0.2) is 0 Å². The van der Waals surface area contributed by atoms with E-state index in [9.17, 15) is 8.42 Å². The Balaban J connectivity index is 2.27. The fourth-order valence-corrected chi connectivity index (χ4v) is 4.11. The van der Waals surface area contributed by atoms with Gasteiger partial charge in [-0.05, 0) is 36.5 Å². The summed E-state index contributed by atoms with van der Waals surface area (Å²) in [6.07, 6.45) is 2.85. The maximum absolute atomic E-state index is 12.7. The number of benzene rings is 1. The van der Waals surface area contributed by atoms with Crippen LogP contribution in [0.2, 0.25) is 0 Å². The molecule has 0 heterocycles. The highest BCUT2D eigenvalue weighted by atomic mass is 32.2. The van der Waals surface area contributed by atoms with Crippen LogP contribution in [0.1, 0.15) is 44.6 Å². The number of aliphatic hydroxyl groups excluding tert-OH is 1. The van der Waals surface area contributed by atoms with Crippen LogP contribution in [0.25, 0.3) is 0 Å². The SMILES string of the molecule is CC(C)c1ccc(S(=O)(=O)N(CCO)C2CCC2)cc1. The molecular formula is C15H23NO3S. The van der Waals surface area contributed by atoms with Crippen molar-refractivity contribution in [1.82, 2.24) is 4.31 Å². The largest absolute Gasteiger partial charge is 0.395 e. The van der Waals surface area contributed by atoms with Gasteiger partial charge in [-0.25, -0.2) is 8.42 Å². The van der Waals surface area contributed by atoms with Crippen molar-refractivity contribution in [3.63, 3.8) is 0 Å². The number of nitrogens with zero attached hydrogens (tertiary/aromatic N) is 1. The van der Waals surface area contributed by atoms with Gasteiger partial charge >= 0.3 is 0 Å². The summed E-state index contributed by atoms with van der Waals surface area (Å²) in [5.41, 5.74) is 1.13. The molecule has 0 saturated heterocycles. The van der Waals surface area contributed by atoms with Crippen LogP contribution in [0.3, 0.4) is 0 Å². The van der Waals surface area contributed by atoms with E-state index < -0.39 is 10.0 Å². The van der Waals surface area contributed by atoms with Crippen molar-refractivity contribution in [3.8, 4) is 0 Å². The van der Waals surface area contributed by atoms with Gasteiger partial charge in [0.25, 0.3) is 0 Å². The summed E-state index contributed by atoms with van der Waals surface area (Å²) in [4.78, 5) is 0.322. The average molecular weight is 297 g/mol. The fraction of sp³-hybridized carbons (Fsp3) is 0.600. The predicted octanol–water partition coefficient (Wildman–Crippen LogP) is 2.35. The van der Waals surface area contributed by atoms with E-state index in [1.54, 1.807) is 12.1 Å². The maximum Gasteiger partial charge on any atom is 0.243 e. The lowest BCUT2D eigenvalue weighted by Crippen LogP contribution is -2.45. The minimum atomic E-state index is -3.49. The van der Waals surface area contributed by atoms with Gasteiger partial charge in [0.1, 0.15) is 0 Å². The lowest BCUT2D eigenvalue weighted by atomic mass is 9.93. The summed E-state index contributed by atoms with van der Waals surface area (Å²) in [5.74, 6) is 0.381. The Labute approximate surface area is 121 Å². The number of hydrogen-bond acceptors (Lipinski definition) is 3. The van der Waals surface area contributed by atoms with Gasteiger partial charge in [-0.15, -0.1) is 0 Å². The highest BCUT2D eigenvalue weighted by Crippen LogP contribution is 2.30. The van der Waals surface area contributed by atoms with Gasteiger partial charge in [0.05, 0.1) is 11.5 Å². The highest BCUT2D eigenvalue weighted by Gasteiger charge is 2.34. The van der Waals surface area contributed by atoms with Crippen molar-refractivity contribution in [2.24, 2.45) is 0 Å². The first kappa shape index (κ1) is 15.5. The van der Waals surface area contributed by atoms with Gasteiger partial charge in [-0.2, -0.15) is 4.31 Å². The average Bonchev–Trinajstić information content (AvgIpc) is 2.36. The molecule has 0 spiro atoms. The van der Waals surface area contributed by atoms with Gasteiger partial charge < -0.3 is 5.11 Å². The van der Waals surface area contributed by atoms with Crippen LogP contribution in [-0.2, 0) is 10.0 Å². The standard InChI is InChI=1S/C15H23NO3S/c1-12(2)13-6-8-15(9-7-13)20(18,19)16(10-11-17)14-4-3-5-14/h6-9,12,14,17H,3-5,10-11H2,1-2H3. The third kappa shape index (κ3) is 3.05. The third-order valence-electron chi connectivity index (χ3n) is 3.96. The summed E-state index contributed by atoms with van der Waals surface area (Å²) >= 11 is 0. The van der Waals surface area contributed by atoms with E-state index >= 15 is 0 Å². The Morgan fingerprint density at radius 3 is 2.25 bits per heavy atom. The number of hydrogen-bond donors (Lipinski definition) is 1. The van der Waals surface area contributed by atoms with Crippen molar-refractivity contribution < 1.29 is 13.5 Å². The molecule has 0 amide bonds. The maximum atomic E-state index is 12.7. The molecule has 20 heavy (non-hydrogen) atoms. The van der Waals surface area contributed by atoms with E-state index in [1.165, 1.54) is 4.31 Å². The number of rotatable bonds is 6. The zero-order valence-electron chi connectivity index (χ0n) is 12.1. The van der Waals surface area contributed by atoms with Gasteiger partial charge in [0.2, 0.25) is 10.0 Å². The Hall–Kier alpha value is -0.910. The molecule has 1 saturated carbocycles. The molecule has 0 unspecified atom stereocenters. The Bertz CT molecular complexity index is 533. The van der Waals surface area contributed by atoms with E-state index in [2.05, 4.69) is 13.8 Å². The van der Waals surface area contributed by atoms with Crippen LogP contribution < -0.4 is 0 Å². The zero-order valence-corrected chi connectivity index (χ0v) is 12.9. The van der Waals surface area contributed by atoms with Crippen LogP contribution in [0, 0.1) is 0 Å². The molecule has 0 bridgehead atoms. The molecule has 0 atom stereocenters. The molecule has 1 aliphatic rings. The summed E-state index contributed by atoms with van der Waals surface area (Å²) < 4.78 is 26.8. The second kappa shape index (κ2) is 6.24. The van der Waals surface area contributed by atoms with Crippen LogP contribution in [-0.4, -0.2) is 37.0 Å². The molecule has 1 aliphatic carbocycles. The van der Waals surface area contributed by atoms with Gasteiger partial charge in [-0.3, -0.25) is 0 Å². The monoisotopic (exact) mass is 297 g/mol. The van der Waals surface area contributed by atoms with Crippen molar-refractivity contribution in [3.05, 3.63) is 29.8 Å². The van der Waals surface area contributed by atoms with E-state index in [0.29, 0.717) is 10.8 Å². The normalized spacial score (nSPS) is 16.6.